The number of hydrogen-bond donors (Lipinski definition) is 2. The first kappa shape index (κ1) is 26.2. The zero-order valence-corrected chi connectivity index (χ0v) is 23.3. The largest absolute Gasteiger partial charge is 0.396 e. The monoisotopic (exact) mass is 523 g/mol. The predicted octanol–water partition coefficient (Wildman–Crippen LogP) is 5.77. The molecule has 6 atom stereocenters. The van der Waals surface area contributed by atoms with Crippen molar-refractivity contribution in [2.24, 2.45) is 40.2 Å². The molecule has 0 radical (unpaired) electrons. The number of nitrogens with zero attached hydrogens (tertiary/aromatic N) is 2. The van der Waals surface area contributed by atoms with Gasteiger partial charge in [0, 0.05) is 23.9 Å². The van der Waals surface area contributed by atoms with Gasteiger partial charge in [-0.25, -0.2) is 4.68 Å². The number of fused-ring (bicyclic) bond motifs is 2. The molecule has 0 amide bonds. The van der Waals surface area contributed by atoms with Crippen LogP contribution in [0.2, 0.25) is 0 Å². The molecule has 3 N–H and O–H groups in total. The number of benzene rings is 2. The summed E-state index contributed by atoms with van der Waals surface area (Å²) in [4.78, 5) is 12.8. The lowest BCUT2D eigenvalue weighted by Gasteiger charge is -2.55. The summed E-state index contributed by atoms with van der Waals surface area (Å²) >= 11 is 0. The third-order valence-electron chi connectivity index (χ3n) is 11.0. The fourth-order valence-corrected chi connectivity index (χ4v) is 8.49. The predicted molar refractivity (Wildman–Crippen MR) is 155 cm³/mol. The Labute approximate surface area is 232 Å². The first-order valence-electron chi connectivity index (χ1n) is 14.5. The maximum absolute atomic E-state index is 12.8. The summed E-state index contributed by atoms with van der Waals surface area (Å²) in [5, 5.41) is 15.6. The zero-order valence-electron chi connectivity index (χ0n) is 23.3. The van der Waals surface area contributed by atoms with Crippen molar-refractivity contribution in [2.45, 2.75) is 52.4 Å². The highest BCUT2D eigenvalue weighted by atomic mass is 16.3. The lowest BCUT2D eigenvalue weighted by atomic mass is 9.49. The lowest BCUT2D eigenvalue weighted by Crippen LogP contribution is -2.53. The Morgan fingerprint density at radius 2 is 1.79 bits per heavy atom. The van der Waals surface area contributed by atoms with Gasteiger partial charge in [0.15, 0.2) is 5.78 Å². The van der Waals surface area contributed by atoms with Gasteiger partial charge in [-0.2, -0.15) is 5.10 Å². The van der Waals surface area contributed by atoms with E-state index in [1.807, 2.05) is 59.3 Å². The molecule has 204 valence electrons. The van der Waals surface area contributed by atoms with Gasteiger partial charge in [-0.15, -0.1) is 0 Å². The van der Waals surface area contributed by atoms with Crippen LogP contribution < -0.4 is 5.73 Å². The molecule has 2 aromatic carbocycles. The number of carbonyl (C=O) groups excluding carboxylic acids is 1. The maximum atomic E-state index is 12.8. The van der Waals surface area contributed by atoms with E-state index in [-0.39, 0.29) is 29.1 Å². The highest BCUT2D eigenvalue weighted by Crippen LogP contribution is 2.62. The number of carbonyl (C=O) groups is 1. The average molecular weight is 524 g/mol. The zero-order chi connectivity index (χ0) is 27.4. The minimum absolute atomic E-state index is 0.0207. The number of allylic oxidation sites excluding steroid dienone is 1. The molecule has 1 heterocycles. The van der Waals surface area contributed by atoms with Gasteiger partial charge >= 0.3 is 0 Å². The van der Waals surface area contributed by atoms with Gasteiger partial charge in [0.2, 0.25) is 0 Å². The number of hydrogen-bond acceptors (Lipinski definition) is 4. The first-order valence-corrected chi connectivity index (χ1v) is 14.5. The molecule has 5 nitrogen and oxygen atoms in total. The Morgan fingerprint density at radius 3 is 2.49 bits per heavy atom. The molecule has 6 rings (SSSR count). The van der Waals surface area contributed by atoms with Crippen molar-refractivity contribution in [3.8, 4) is 5.69 Å². The van der Waals surface area contributed by atoms with Gasteiger partial charge in [-0.1, -0.05) is 56.3 Å². The van der Waals surface area contributed by atoms with Gasteiger partial charge < -0.3 is 10.8 Å². The molecule has 3 aliphatic carbocycles. The van der Waals surface area contributed by atoms with Gasteiger partial charge in [0.25, 0.3) is 0 Å². The Kier molecular flexibility index (Phi) is 6.63. The van der Waals surface area contributed by atoms with Crippen LogP contribution in [-0.2, 0) is 12.8 Å². The quantitative estimate of drug-likeness (QED) is 0.317. The second-order valence-corrected chi connectivity index (χ2v) is 12.8. The maximum Gasteiger partial charge on any atom is 0.193 e. The minimum atomic E-state index is -0.0309. The Bertz CT molecular complexity index is 1380. The standard InChI is InChI=1S/C34H41N3O2/c1-22-9-14-29-28(19-35)30(15-16-33(22,29)2)34(3)18-25-20-37(36-31(25)17-26(34)21-38)27-12-10-24(11-13-27)32(39)23-7-5-4-6-8-23/h4-8,10-13,20,26,28-30,38H,1,9,14-19,21,35H2,2-3H3/t26-,28+,29+,30+,33-,34+/m1/s1. The van der Waals surface area contributed by atoms with Crippen LogP contribution in [0.25, 0.3) is 5.69 Å². The van der Waals surface area contributed by atoms with Gasteiger partial charge in [-0.3, -0.25) is 4.79 Å². The molecule has 0 spiro atoms. The normalized spacial score (nSPS) is 32.1. The van der Waals surface area contributed by atoms with E-state index in [0.29, 0.717) is 35.4 Å². The summed E-state index contributed by atoms with van der Waals surface area (Å²) in [6.45, 7) is 10.1. The Morgan fingerprint density at radius 1 is 1.08 bits per heavy atom. The Hall–Kier alpha value is -3.02. The van der Waals surface area contributed by atoms with Crippen LogP contribution in [0.5, 0.6) is 0 Å². The number of ketones is 1. The van der Waals surface area contributed by atoms with Gasteiger partial charge in [0.05, 0.1) is 11.4 Å². The van der Waals surface area contributed by atoms with Crippen molar-refractivity contribution >= 4 is 5.78 Å². The van der Waals surface area contributed by atoms with Crippen LogP contribution in [0.4, 0.5) is 0 Å². The van der Waals surface area contributed by atoms with E-state index in [1.54, 1.807) is 0 Å². The molecular formula is C34H41N3O2. The van der Waals surface area contributed by atoms with Crippen molar-refractivity contribution in [1.29, 1.82) is 0 Å². The number of aromatic nitrogens is 2. The molecule has 2 saturated carbocycles. The smallest absolute Gasteiger partial charge is 0.193 e. The van der Waals surface area contributed by atoms with Crippen molar-refractivity contribution < 1.29 is 9.90 Å². The molecule has 0 saturated heterocycles. The van der Waals surface area contributed by atoms with Crippen molar-refractivity contribution in [1.82, 2.24) is 9.78 Å². The third kappa shape index (κ3) is 4.22. The topological polar surface area (TPSA) is 81.1 Å². The molecule has 0 unspecified atom stereocenters. The van der Waals surface area contributed by atoms with E-state index in [1.165, 1.54) is 24.0 Å². The van der Waals surface area contributed by atoms with Crippen LogP contribution in [0.3, 0.4) is 0 Å². The Balaban J connectivity index is 1.26. The van der Waals surface area contributed by atoms with E-state index < -0.39 is 0 Å². The number of aliphatic hydroxyl groups is 1. The second-order valence-electron chi connectivity index (χ2n) is 12.8. The molecular weight excluding hydrogens is 482 g/mol. The fraction of sp³-hybridized carbons (Fsp3) is 0.471. The summed E-state index contributed by atoms with van der Waals surface area (Å²) in [6.07, 6.45) is 8.48. The van der Waals surface area contributed by atoms with Crippen molar-refractivity contribution in [2.75, 3.05) is 13.2 Å². The second kappa shape index (κ2) is 9.87. The van der Waals surface area contributed by atoms with Crippen LogP contribution in [0.1, 0.15) is 66.7 Å². The SMILES string of the molecule is C=C1CC[C@H]2[C@H](CN)[C@@H]([C@@]3(C)Cc4cn(-c5ccc(C(=O)c6ccccc6)cc5)nc4C[C@@H]3CO)CC[C@]12C. The summed E-state index contributed by atoms with van der Waals surface area (Å²) in [5.41, 5.74) is 12.8. The molecule has 3 aromatic rings. The summed E-state index contributed by atoms with van der Waals surface area (Å²) in [7, 11) is 0. The molecule has 2 fully saturated rings. The number of rotatable bonds is 6. The van der Waals surface area contributed by atoms with Gasteiger partial charge in [0.1, 0.15) is 0 Å². The minimum Gasteiger partial charge on any atom is -0.396 e. The molecule has 39 heavy (non-hydrogen) atoms. The lowest BCUT2D eigenvalue weighted by molar-refractivity contribution is -0.0536. The first-order chi connectivity index (χ1) is 18.8. The van der Waals surface area contributed by atoms with E-state index in [2.05, 4.69) is 26.6 Å². The van der Waals surface area contributed by atoms with Crippen molar-refractivity contribution in [3.63, 3.8) is 0 Å². The van der Waals surface area contributed by atoms with E-state index in [4.69, 9.17) is 10.8 Å². The molecule has 1 aromatic heterocycles. The number of aliphatic hydroxyl groups excluding tert-OH is 1. The molecule has 0 aliphatic heterocycles. The summed E-state index contributed by atoms with van der Waals surface area (Å²) in [6, 6.07) is 17.1. The number of nitrogens with two attached hydrogens (primary N) is 1. The highest BCUT2D eigenvalue weighted by Gasteiger charge is 2.56. The fourth-order valence-electron chi connectivity index (χ4n) is 8.49. The van der Waals surface area contributed by atoms with Crippen LogP contribution in [-0.4, -0.2) is 33.8 Å². The van der Waals surface area contributed by atoms with Gasteiger partial charge in [-0.05, 0) is 109 Å². The third-order valence-corrected chi connectivity index (χ3v) is 11.0. The highest BCUT2D eigenvalue weighted by molar-refractivity contribution is 6.09. The van der Waals surface area contributed by atoms with Crippen LogP contribution in [0.15, 0.2) is 72.9 Å². The summed E-state index contributed by atoms with van der Waals surface area (Å²) < 4.78 is 1.95. The van der Waals surface area contributed by atoms with Crippen molar-refractivity contribution in [3.05, 3.63) is 95.3 Å². The summed E-state index contributed by atoms with van der Waals surface area (Å²) in [5.74, 6) is 1.70. The average Bonchev–Trinajstić information content (AvgIpc) is 3.51. The van der Waals surface area contributed by atoms with E-state index in [0.717, 1.165) is 37.1 Å². The molecule has 3 aliphatic rings. The molecule has 0 bridgehead atoms. The van der Waals surface area contributed by atoms with Crippen LogP contribution in [0, 0.1) is 34.5 Å². The van der Waals surface area contributed by atoms with E-state index >= 15 is 0 Å². The van der Waals surface area contributed by atoms with E-state index in [9.17, 15) is 9.90 Å². The molecule has 5 heteroatoms. The van der Waals surface area contributed by atoms with Crippen LogP contribution >= 0.6 is 0 Å².